The van der Waals surface area contributed by atoms with Crippen molar-refractivity contribution >= 4 is 34.4 Å². The monoisotopic (exact) mass is 635 g/mol. The van der Waals surface area contributed by atoms with Crippen molar-refractivity contribution in [1.82, 2.24) is 24.8 Å². The summed E-state index contributed by atoms with van der Waals surface area (Å²) in [6, 6.07) is 14.5. The Morgan fingerprint density at radius 3 is 2.74 bits per heavy atom. The van der Waals surface area contributed by atoms with Gasteiger partial charge in [-0.2, -0.15) is 8.78 Å². The van der Waals surface area contributed by atoms with Gasteiger partial charge in [0.15, 0.2) is 23.3 Å². The third kappa shape index (κ3) is 5.78. The van der Waals surface area contributed by atoms with Gasteiger partial charge in [-0.05, 0) is 35.9 Å². The van der Waals surface area contributed by atoms with Crippen molar-refractivity contribution < 1.29 is 37.8 Å². The number of alkyl halides is 2. The molecule has 0 saturated carbocycles. The molecule has 2 amide bonds. The van der Waals surface area contributed by atoms with Crippen LogP contribution in [-0.4, -0.2) is 72.9 Å². The SMILES string of the molecule is Nc1noc2cc(CC(O)(CNC(=O)c3ccccc3O)[C@H]3OCCN(c4ccn(-c5ccc(=O)n(C(F)F)c5)n4)C3=O)ccc12. The van der Waals surface area contributed by atoms with E-state index >= 15 is 0 Å². The third-order valence-electron chi connectivity index (χ3n) is 7.60. The molecule has 1 fully saturated rings. The number of phenols is 1. The number of halogens is 2. The van der Waals surface area contributed by atoms with Crippen LogP contribution in [0.2, 0.25) is 0 Å². The van der Waals surface area contributed by atoms with Crippen LogP contribution in [0.15, 0.2) is 82.4 Å². The molecule has 1 unspecified atom stereocenters. The van der Waals surface area contributed by atoms with Crippen LogP contribution >= 0.6 is 0 Å². The molecule has 1 saturated heterocycles. The summed E-state index contributed by atoms with van der Waals surface area (Å²) in [5, 5.41) is 33.5. The number of nitrogens with one attached hydrogen (secondary N) is 1. The van der Waals surface area contributed by atoms with Crippen LogP contribution in [0.4, 0.5) is 20.4 Å². The van der Waals surface area contributed by atoms with Crippen LogP contribution in [0.5, 0.6) is 5.75 Å². The quantitative estimate of drug-likeness (QED) is 0.186. The zero-order valence-electron chi connectivity index (χ0n) is 23.9. The van der Waals surface area contributed by atoms with E-state index in [-0.39, 0.29) is 52.8 Å². The maximum absolute atomic E-state index is 13.9. The first-order valence-corrected chi connectivity index (χ1v) is 14.0. The van der Waals surface area contributed by atoms with Gasteiger partial charge in [0.2, 0.25) is 0 Å². The number of carbonyl (C=O) groups excluding carboxylic acids is 2. The molecular weight excluding hydrogens is 608 g/mol. The molecule has 2 aromatic carbocycles. The van der Waals surface area contributed by atoms with E-state index < -0.39 is 42.2 Å². The van der Waals surface area contributed by atoms with Gasteiger partial charge in [-0.15, -0.1) is 5.10 Å². The second kappa shape index (κ2) is 12.1. The van der Waals surface area contributed by atoms with Crippen LogP contribution < -0.4 is 21.5 Å². The van der Waals surface area contributed by atoms with E-state index in [0.717, 1.165) is 12.3 Å². The van der Waals surface area contributed by atoms with E-state index in [0.29, 0.717) is 16.5 Å². The molecule has 2 atom stereocenters. The lowest BCUT2D eigenvalue weighted by atomic mass is 9.86. The number of nitrogen functional groups attached to an aromatic ring is 1. The smallest absolute Gasteiger partial charge is 0.321 e. The summed E-state index contributed by atoms with van der Waals surface area (Å²) in [5.74, 6) is -1.34. The van der Waals surface area contributed by atoms with Gasteiger partial charge in [-0.25, -0.2) is 4.68 Å². The number of fused-ring (bicyclic) bond motifs is 1. The minimum absolute atomic E-state index is 0.0209. The van der Waals surface area contributed by atoms with Gasteiger partial charge in [-0.1, -0.05) is 23.4 Å². The Morgan fingerprint density at radius 2 is 1.96 bits per heavy atom. The highest BCUT2D eigenvalue weighted by molar-refractivity contribution is 5.98. The molecule has 14 nitrogen and oxygen atoms in total. The first-order chi connectivity index (χ1) is 22.0. The molecule has 0 bridgehead atoms. The minimum atomic E-state index is -3.06. The Kier molecular flexibility index (Phi) is 7.97. The van der Waals surface area contributed by atoms with Gasteiger partial charge >= 0.3 is 6.55 Å². The summed E-state index contributed by atoms with van der Waals surface area (Å²) < 4.78 is 39.1. The summed E-state index contributed by atoms with van der Waals surface area (Å²) in [6.07, 6.45) is 0.670. The lowest BCUT2D eigenvalue weighted by molar-refractivity contribution is -0.157. The first kappa shape index (κ1) is 30.4. The number of nitrogens with zero attached hydrogens (tertiary/aromatic N) is 5. The van der Waals surface area contributed by atoms with Gasteiger partial charge in [0, 0.05) is 30.9 Å². The molecule has 0 spiro atoms. The molecule has 0 radical (unpaired) electrons. The molecule has 5 N–H and O–H groups in total. The summed E-state index contributed by atoms with van der Waals surface area (Å²) in [7, 11) is 0. The lowest BCUT2D eigenvalue weighted by Gasteiger charge is -2.40. The highest BCUT2D eigenvalue weighted by atomic mass is 19.3. The molecule has 3 aromatic heterocycles. The van der Waals surface area contributed by atoms with E-state index in [4.69, 9.17) is 15.0 Å². The highest BCUT2D eigenvalue weighted by Gasteiger charge is 2.47. The zero-order valence-corrected chi connectivity index (χ0v) is 23.9. The minimum Gasteiger partial charge on any atom is -0.507 e. The number of aromatic hydroxyl groups is 1. The molecule has 238 valence electrons. The van der Waals surface area contributed by atoms with Crippen molar-refractivity contribution in [3.8, 4) is 11.4 Å². The van der Waals surface area contributed by atoms with E-state index in [1.807, 2.05) is 0 Å². The summed E-state index contributed by atoms with van der Waals surface area (Å²) in [5.41, 5.74) is 3.86. The number of pyridine rings is 1. The molecular formula is C30H27F2N7O7. The summed E-state index contributed by atoms with van der Waals surface area (Å²) >= 11 is 0. The molecule has 16 heteroatoms. The molecule has 0 aliphatic carbocycles. The fraction of sp³-hybridized carbons (Fsp3) is 0.233. The Balaban J connectivity index is 1.29. The Bertz CT molecular complexity index is 1990. The number of hydrogen-bond donors (Lipinski definition) is 4. The second-order valence-corrected chi connectivity index (χ2v) is 10.6. The maximum atomic E-state index is 13.9. The van der Waals surface area contributed by atoms with Gasteiger partial charge in [0.1, 0.15) is 11.4 Å². The van der Waals surface area contributed by atoms with Crippen LogP contribution in [0.1, 0.15) is 22.5 Å². The Labute approximate surface area is 258 Å². The molecule has 6 rings (SSSR count). The van der Waals surface area contributed by atoms with Crippen molar-refractivity contribution in [2.24, 2.45) is 0 Å². The van der Waals surface area contributed by atoms with Gasteiger partial charge < -0.3 is 30.5 Å². The molecule has 1 aliphatic rings. The van der Waals surface area contributed by atoms with Gasteiger partial charge in [0.25, 0.3) is 17.4 Å². The normalized spacial score (nSPS) is 16.6. The first-order valence-electron chi connectivity index (χ1n) is 14.0. The molecule has 4 heterocycles. The van der Waals surface area contributed by atoms with Crippen molar-refractivity contribution in [1.29, 1.82) is 0 Å². The third-order valence-corrected chi connectivity index (χ3v) is 7.60. The largest absolute Gasteiger partial charge is 0.507 e. The number of rotatable bonds is 9. The predicted octanol–water partition coefficient (Wildman–Crippen LogP) is 1.99. The number of ether oxygens (including phenoxy) is 1. The summed E-state index contributed by atoms with van der Waals surface area (Å²) in [6.45, 7) is -3.50. The lowest BCUT2D eigenvalue weighted by Crippen LogP contribution is -2.63. The topological polar surface area (TPSA) is 191 Å². The Hall–Kier alpha value is -5.61. The number of phenolic OH excluding ortho intramolecular Hbond substituents is 1. The zero-order chi connectivity index (χ0) is 32.6. The van der Waals surface area contributed by atoms with Crippen LogP contribution in [0, 0.1) is 0 Å². The molecule has 5 aromatic rings. The maximum Gasteiger partial charge on any atom is 0.321 e. The molecule has 1 aliphatic heterocycles. The number of aliphatic hydroxyl groups is 1. The van der Waals surface area contributed by atoms with E-state index in [2.05, 4.69) is 15.6 Å². The van der Waals surface area contributed by atoms with Crippen LogP contribution in [0.3, 0.4) is 0 Å². The van der Waals surface area contributed by atoms with E-state index in [9.17, 15) is 33.4 Å². The number of carbonyl (C=O) groups is 2. The highest BCUT2D eigenvalue weighted by Crippen LogP contribution is 2.29. The van der Waals surface area contributed by atoms with Crippen LogP contribution in [-0.2, 0) is 16.0 Å². The van der Waals surface area contributed by atoms with E-state index in [1.165, 1.54) is 40.0 Å². The number of nitrogens with two attached hydrogens (primary N) is 1. The van der Waals surface area contributed by atoms with Crippen molar-refractivity contribution in [3.05, 3.63) is 94.5 Å². The van der Waals surface area contributed by atoms with Gasteiger partial charge in [-0.3, -0.25) is 23.9 Å². The fourth-order valence-corrected chi connectivity index (χ4v) is 5.29. The number of para-hydroxylation sites is 1. The number of morpholine rings is 1. The van der Waals surface area contributed by atoms with Crippen molar-refractivity contribution in [2.75, 3.05) is 30.3 Å². The van der Waals surface area contributed by atoms with Crippen molar-refractivity contribution in [2.45, 2.75) is 24.7 Å². The predicted molar refractivity (Wildman–Crippen MR) is 159 cm³/mol. The number of benzene rings is 2. The standard InChI is InChI=1S/C30H27F2N7O7/c31-29(32)38-15-18(6-8-24(38)41)39-10-9-23(35-39)37-11-12-45-25(28(37)43)30(44,16-34-27(42)19-3-1-2-4-21(19)40)14-17-5-7-20-22(13-17)46-36-26(20)33/h1-10,13,15,25,29,40,44H,11-12,14,16H2,(H2,33,36)(H,34,42)/t25-,30?/m0/s1. The average Bonchev–Trinajstić information content (AvgIpc) is 3.67. The number of aromatic nitrogens is 4. The second-order valence-electron chi connectivity index (χ2n) is 10.6. The fourth-order valence-electron chi connectivity index (χ4n) is 5.29. The molecule has 46 heavy (non-hydrogen) atoms. The van der Waals surface area contributed by atoms with Crippen LogP contribution in [0.25, 0.3) is 16.7 Å². The van der Waals surface area contributed by atoms with E-state index in [1.54, 1.807) is 30.3 Å². The van der Waals surface area contributed by atoms with Crippen molar-refractivity contribution in [3.63, 3.8) is 0 Å². The number of amides is 2. The summed E-state index contributed by atoms with van der Waals surface area (Å²) in [4.78, 5) is 39.9. The Morgan fingerprint density at radius 1 is 1.15 bits per heavy atom. The number of hydrogen-bond acceptors (Lipinski definition) is 10. The number of anilines is 2. The average molecular weight is 636 g/mol. The van der Waals surface area contributed by atoms with Gasteiger partial charge in [0.05, 0.1) is 36.3 Å².